The first-order valence-corrected chi connectivity index (χ1v) is 6.13. The maximum atomic E-state index is 11.6. The number of likely N-dealkylation sites (tertiary alicyclic amines) is 1. The number of piperidine rings is 1. The molecule has 0 aliphatic carbocycles. The molecule has 4 N–H and O–H groups in total. The molecule has 0 bridgehead atoms. The van der Waals surface area contributed by atoms with Gasteiger partial charge in [-0.2, -0.15) is 0 Å². The summed E-state index contributed by atoms with van der Waals surface area (Å²) in [4.78, 5) is 24.6. The smallest absolute Gasteiger partial charge is 0.235 e. The van der Waals surface area contributed by atoms with Crippen LogP contribution < -0.4 is 16.6 Å². The number of hydrogen-bond donors (Lipinski definition) is 3. The van der Waals surface area contributed by atoms with Crippen LogP contribution in [-0.2, 0) is 9.59 Å². The van der Waals surface area contributed by atoms with Gasteiger partial charge < -0.3 is 5.32 Å². The van der Waals surface area contributed by atoms with Gasteiger partial charge in [0.1, 0.15) is 0 Å². The van der Waals surface area contributed by atoms with Gasteiger partial charge in [-0.1, -0.05) is 6.42 Å². The molecule has 1 aliphatic heterocycles. The van der Waals surface area contributed by atoms with E-state index in [1.807, 2.05) is 5.43 Å². The molecule has 0 saturated carbocycles. The average molecular weight is 242 g/mol. The summed E-state index contributed by atoms with van der Waals surface area (Å²) in [5, 5.41) is 2.72. The van der Waals surface area contributed by atoms with Crippen LogP contribution in [0, 0.1) is 0 Å². The van der Waals surface area contributed by atoms with Gasteiger partial charge in [-0.3, -0.25) is 19.9 Å². The molecule has 6 nitrogen and oxygen atoms in total. The lowest BCUT2D eigenvalue weighted by molar-refractivity contribution is -0.123. The molecule has 1 aliphatic rings. The minimum atomic E-state index is -0.267. The molecule has 0 aromatic heterocycles. The van der Waals surface area contributed by atoms with Crippen molar-refractivity contribution < 1.29 is 9.59 Å². The van der Waals surface area contributed by atoms with Gasteiger partial charge in [0.25, 0.3) is 0 Å². The van der Waals surface area contributed by atoms with Crippen molar-refractivity contribution >= 4 is 11.8 Å². The number of nitrogens with zero attached hydrogens (tertiary/aromatic N) is 1. The quantitative estimate of drug-likeness (QED) is 0.340. The highest BCUT2D eigenvalue weighted by atomic mass is 16.2. The third kappa shape index (κ3) is 5.14. The molecule has 2 amide bonds. The highest BCUT2D eigenvalue weighted by molar-refractivity contribution is 5.79. The Morgan fingerprint density at radius 3 is 2.76 bits per heavy atom. The van der Waals surface area contributed by atoms with E-state index in [9.17, 15) is 9.59 Å². The number of nitrogens with two attached hydrogens (primary N) is 1. The number of rotatable bonds is 5. The molecule has 0 aromatic carbocycles. The summed E-state index contributed by atoms with van der Waals surface area (Å²) in [5.41, 5.74) is 2.03. The zero-order valence-electron chi connectivity index (χ0n) is 10.4. The zero-order valence-corrected chi connectivity index (χ0v) is 10.4. The molecule has 0 aromatic rings. The summed E-state index contributed by atoms with van der Waals surface area (Å²) in [6, 6.07) is 0.474. The summed E-state index contributed by atoms with van der Waals surface area (Å²) in [7, 11) is 0. The molecule has 1 rings (SSSR count). The van der Waals surface area contributed by atoms with Gasteiger partial charge in [-0.25, -0.2) is 5.84 Å². The Kier molecular flexibility index (Phi) is 5.93. The van der Waals surface area contributed by atoms with Crippen LogP contribution in [0.1, 0.15) is 32.6 Å². The van der Waals surface area contributed by atoms with E-state index in [-0.39, 0.29) is 18.2 Å². The standard InChI is InChI=1S/C11H22N4O2/c1-9-4-2-3-7-15(9)8-11(17)13-6-5-10(16)14-12/h9H,2-8,12H2,1H3,(H,13,17)(H,14,16)/t9-/m1/s1. The Morgan fingerprint density at radius 2 is 2.12 bits per heavy atom. The van der Waals surface area contributed by atoms with Crippen molar-refractivity contribution in [2.75, 3.05) is 19.6 Å². The monoisotopic (exact) mass is 242 g/mol. The van der Waals surface area contributed by atoms with Crippen molar-refractivity contribution in [1.82, 2.24) is 15.6 Å². The molecule has 1 heterocycles. The zero-order chi connectivity index (χ0) is 12.7. The first-order valence-electron chi connectivity index (χ1n) is 6.13. The van der Waals surface area contributed by atoms with Crippen LogP contribution in [0.3, 0.4) is 0 Å². The van der Waals surface area contributed by atoms with E-state index in [0.717, 1.165) is 19.4 Å². The molecule has 0 unspecified atom stereocenters. The largest absolute Gasteiger partial charge is 0.354 e. The van der Waals surface area contributed by atoms with Crippen molar-refractivity contribution in [1.29, 1.82) is 0 Å². The topological polar surface area (TPSA) is 87.5 Å². The summed E-state index contributed by atoms with van der Waals surface area (Å²) in [5.74, 6) is 4.64. The molecule has 1 fully saturated rings. The number of carbonyl (C=O) groups is 2. The molecule has 6 heteroatoms. The van der Waals surface area contributed by atoms with Gasteiger partial charge in [0.2, 0.25) is 11.8 Å². The Bertz CT molecular complexity index is 270. The van der Waals surface area contributed by atoms with Crippen molar-refractivity contribution in [2.45, 2.75) is 38.6 Å². The summed E-state index contributed by atoms with van der Waals surface area (Å²) < 4.78 is 0. The lowest BCUT2D eigenvalue weighted by Gasteiger charge is -2.32. The summed E-state index contributed by atoms with van der Waals surface area (Å²) >= 11 is 0. The molecular formula is C11H22N4O2. The third-order valence-electron chi connectivity index (χ3n) is 3.12. The van der Waals surface area contributed by atoms with Crippen LogP contribution in [0.25, 0.3) is 0 Å². The number of hydrazine groups is 1. The van der Waals surface area contributed by atoms with Gasteiger partial charge in [-0.05, 0) is 26.3 Å². The van der Waals surface area contributed by atoms with Gasteiger partial charge in [0.15, 0.2) is 0 Å². The predicted molar refractivity (Wildman–Crippen MR) is 64.8 cm³/mol. The molecule has 0 radical (unpaired) electrons. The maximum Gasteiger partial charge on any atom is 0.235 e. The number of hydrogen-bond acceptors (Lipinski definition) is 4. The minimum Gasteiger partial charge on any atom is -0.354 e. The Morgan fingerprint density at radius 1 is 1.35 bits per heavy atom. The van der Waals surface area contributed by atoms with E-state index in [2.05, 4.69) is 17.1 Å². The lowest BCUT2D eigenvalue weighted by Crippen LogP contribution is -2.45. The lowest BCUT2D eigenvalue weighted by atomic mass is 10.0. The molecule has 17 heavy (non-hydrogen) atoms. The van der Waals surface area contributed by atoms with Crippen molar-refractivity contribution in [2.24, 2.45) is 5.84 Å². The highest BCUT2D eigenvalue weighted by Gasteiger charge is 2.20. The van der Waals surface area contributed by atoms with Crippen LogP contribution in [0.5, 0.6) is 0 Å². The van der Waals surface area contributed by atoms with Crippen molar-refractivity contribution in [3.8, 4) is 0 Å². The van der Waals surface area contributed by atoms with Gasteiger partial charge >= 0.3 is 0 Å². The van der Waals surface area contributed by atoms with E-state index >= 15 is 0 Å². The van der Waals surface area contributed by atoms with E-state index in [4.69, 9.17) is 5.84 Å². The predicted octanol–water partition coefficient (Wildman–Crippen LogP) is -0.643. The maximum absolute atomic E-state index is 11.6. The fraction of sp³-hybridized carbons (Fsp3) is 0.818. The van der Waals surface area contributed by atoms with E-state index in [0.29, 0.717) is 19.1 Å². The van der Waals surface area contributed by atoms with Crippen molar-refractivity contribution in [3.05, 3.63) is 0 Å². The molecule has 0 spiro atoms. The molecule has 1 saturated heterocycles. The second-order valence-electron chi connectivity index (χ2n) is 4.48. The van der Waals surface area contributed by atoms with Crippen LogP contribution >= 0.6 is 0 Å². The SMILES string of the molecule is C[C@@H]1CCCCN1CC(=O)NCCC(=O)NN. The van der Waals surface area contributed by atoms with Crippen LogP contribution in [0.2, 0.25) is 0 Å². The molecule has 98 valence electrons. The minimum absolute atomic E-state index is 0.0245. The van der Waals surface area contributed by atoms with Crippen LogP contribution in [-0.4, -0.2) is 42.4 Å². The Labute approximate surface area is 102 Å². The normalized spacial score (nSPS) is 20.9. The Balaban J connectivity index is 2.17. The van der Waals surface area contributed by atoms with Gasteiger partial charge in [0.05, 0.1) is 6.54 Å². The first-order chi connectivity index (χ1) is 8.13. The first kappa shape index (κ1) is 13.9. The third-order valence-corrected chi connectivity index (χ3v) is 3.12. The van der Waals surface area contributed by atoms with E-state index in [1.54, 1.807) is 0 Å². The second kappa shape index (κ2) is 7.24. The summed E-state index contributed by atoms with van der Waals surface area (Å²) in [6.07, 6.45) is 3.78. The van der Waals surface area contributed by atoms with E-state index in [1.165, 1.54) is 6.42 Å². The van der Waals surface area contributed by atoms with Crippen LogP contribution in [0.15, 0.2) is 0 Å². The second-order valence-corrected chi connectivity index (χ2v) is 4.48. The highest BCUT2D eigenvalue weighted by Crippen LogP contribution is 2.15. The summed E-state index contributed by atoms with van der Waals surface area (Å²) in [6.45, 7) is 3.89. The van der Waals surface area contributed by atoms with Crippen molar-refractivity contribution in [3.63, 3.8) is 0 Å². The van der Waals surface area contributed by atoms with E-state index < -0.39 is 0 Å². The number of carbonyl (C=O) groups excluding carboxylic acids is 2. The molecule has 1 atom stereocenters. The average Bonchev–Trinajstić information content (AvgIpc) is 2.32. The Hall–Kier alpha value is -1.14. The van der Waals surface area contributed by atoms with Crippen LogP contribution in [0.4, 0.5) is 0 Å². The van der Waals surface area contributed by atoms with Gasteiger partial charge in [-0.15, -0.1) is 0 Å². The van der Waals surface area contributed by atoms with Gasteiger partial charge in [0, 0.05) is 19.0 Å². The number of nitrogens with one attached hydrogen (secondary N) is 2. The fourth-order valence-electron chi connectivity index (χ4n) is 2.02. The number of amides is 2. The fourth-order valence-corrected chi connectivity index (χ4v) is 2.02. The molecular weight excluding hydrogens is 220 g/mol.